The van der Waals surface area contributed by atoms with Gasteiger partial charge in [0.05, 0.1) is 16.7 Å². The summed E-state index contributed by atoms with van der Waals surface area (Å²) in [5, 5.41) is 0. The molecule has 0 N–H and O–H groups in total. The summed E-state index contributed by atoms with van der Waals surface area (Å²) >= 11 is 3.47. The summed E-state index contributed by atoms with van der Waals surface area (Å²) in [5.74, 6) is 0. The fourth-order valence-corrected chi connectivity index (χ4v) is 2.00. The van der Waals surface area contributed by atoms with E-state index < -0.39 is 0 Å². The van der Waals surface area contributed by atoms with Crippen molar-refractivity contribution < 1.29 is 0 Å². The van der Waals surface area contributed by atoms with Crippen LogP contribution >= 0.6 is 15.9 Å². The fourth-order valence-electron chi connectivity index (χ4n) is 1.52. The smallest absolute Gasteiger partial charge is 0.128 e. The van der Waals surface area contributed by atoms with E-state index in [4.69, 9.17) is 0 Å². The monoisotopic (exact) mass is 264 g/mol. The van der Waals surface area contributed by atoms with E-state index in [1.54, 1.807) is 0 Å². The van der Waals surface area contributed by atoms with E-state index >= 15 is 0 Å². The van der Waals surface area contributed by atoms with Crippen LogP contribution in [0.2, 0.25) is 0 Å². The highest BCUT2D eigenvalue weighted by Crippen LogP contribution is 2.18. The number of nitrogens with zero attached hydrogens (tertiary/aromatic N) is 2. The maximum atomic E-state index is 4.60. The predicted octanol–water partition coefficient (Wildman–Crippen LogP) is 3.73. The van der Waals surface area contributed by atoms with Gasteiger partial charge in [0.15, 0.2) is 0 Å². The van der Waals surface area contributed by atoms with Crippen molar-refractivity contribution in [1.29, 1.82) is 0 Å². The number of aromatic nitrogens is 2. The van der Waals surface area contributed by atoms with Crippen LogP contribution in [0.1, 0.15) is 25.5 Å². The fraction of sp³-hybridized carbons (Fsp3) is 0.333. The second-order valence-corrected chi connectivity index (χ2v) is 4.30. The van der Waals surface area contributed by atoms with Crippen molar-refractivity contribution in [3.8, 4) is 0 Å². The molecule has 0 amide bonds. The molecule has 1 heterocycles. The number of rotatable bonds is 3. The van der Waals surface area contributed by atoms with Gasteiger partial charge in [-0.1, -0.05) is 25.5 Å². The lowest BCUT2D eigenvalue weighted by molar-refractivity contribution is 0.772. The van der Waals surface area contributed by atoms with Crippen molar-refractivity contribution in [2.45, 2.75) is 26.2 Å². The largest absolute Gasteiger partial charge is 0.248 e. The first-order valence-corrected chi connectivity index (χ1v) is 6.01. The first kappa shape index (κ1) is 10.6. The molecule has 0 unspecified atom stereocenters. The number of unbranched alkanes of at least 4 members (excludes halogenated alkanes) is 1. The number of benzene rings is 1. The van der Waals surface area contributed by atoms with E-state index in [-0.39, 0.29) is 0 Å². The molecule has 78 valence electrons. The number of hydrogen-bond donors (Lipinski definition) is 0. The number of aryl methyl sites for hydroxylation is 1. The van der Waals surface area contributed by atoms with Gasteiger partial charge in [0.2, 0.25) is 0 Å². The molecule has 0 aliphatic carbocycles. The standard InChI is InChI=1S/C12H13BrN2/c1-2-3-6-11-12(13)15-10-8-5-4-7-9(10)14-11/h4-5,7-8H,2-3,6H2,1H3. The van der Waals surface area contributed by atoms with Crippen LogP contribution in [0.3, 0.4) is 0 Å². The minimum Gasteiger partial charge on any atom is -0.248 e. The van der Waals surface area contributed by atoms with Gasteiger partial charge in [0.1, 0.15) is 4.60 Å². The normalized spacial score (nSPS) is 10.8. The van der Waals surface area contributed by atoms with Gasteiger partial charge < -0.3 is 0 Å². The van der Waals surface area contributed by atoms with Gasteiger partial charge in [-0.3, -0.25) is 0 Å². The van der Waals surface area contributed by atoms with Crippen molar-refractivity contribution >= 4 is 27.0 Å². The van der Waals surface area contributed by atoms with Crippen molar-refractivity contribution in [2.24, 2.45) is 0 Å². The van der Waals surface area contributed by atoms with E-state index in [9.17, 15) is 0 Å². The Morgan fingerprint density at radius 3 is 2.47 bits per heavy atom. The summed E-state index contributed by atoms with van der Waals surface area (Å²) in [6.07, 6.45) is 3.33. The average molecular weight is 265 g/mol. The summed E-state index contributed by atoms with van der Waals surface area (Å²) in [7, 11) is 0. The Morgan fingerprint density at radius 1 is 1.13 bits per heavy atom. The molecule has 0 fully saturated rings. The number of fused-ring (bicyclic) bond motifs is 1. The molecule has 2 nitrogen and oxygen atoms in total. The van der Waals surface area contributed by atoms with E-state index in [0.717, 1.165) is 34.2 Å². The number of hydrogen-bond acceptors (Lipinski definition) is 2. The molecule has 2 aromatic rings. The van der Waals surface area contributed by atoms with Crippen molar-refractivity contribution in [1.82, 2.24) is 9.97 Å². The molecule has 2 rings (SSSR count). The van der Waals surface area contributed by atoms with Gasteiger partial charge in [0, 0.05) is 0 Å². The molecule has 0 aliphatic heterocycles. The topological polar surface area (TPSA) is 25.8 Å². The van der Waals surface area contributed by atoms with Crippen molar-refractivity contribution in [2.75, 3.05) is 0 Å². The maximum absolute atomic E-state index is 4.60. The zero-order valence-electron chi connectivity index (χ0n) is 8.70. The first-order chi connectivity index (χ1) is 7.31. The molecule has 1 aromatic carbocycles. The van der Waals surface area contributed by atoms with Crippen molar-refractivity contribution in [3.63, 3.8) is 0 Å². The number of halogens is 1. The molecule has 15 heavy (non-hydrogen) atoms. The Labute approximate surface area is 97.9 Å². The first-order valence-electron chi connectivity index (χ1n) is 5.22. The summed E-state index contributed by atoms with van der Waals surface area (Å²) in [4.78, 5) is 9.09. The van der Waals surface area contributed by atoms with Gasteiger partial charge in [-0.2, -0.15) is 0 Å². The van der Waals surface area contributed by atoms with E-state index in [0.29, 0.717) is 0 Å². The van der Waals surface area contributed by atoms with Gasteiger partial charge in [-0.05, 0) is 40.9 Å². The summed E-state index contributed by atoms with van der Waals surface area (Å²) < 4.78 is 0.884. The van der Waals surface area contributed by atoms with Crippen LogP contribution in [-0.2, 0) is 6.42 Å². The highest BCUT2D eigenvalue weighted by Gasteiger charge is 2.04. The maximum Gasteiger partial charge on any atom is 0.128 e. The lowest BCUT2D eigenvalue weighted by Crippen LogP contribution is -1.95. The second kappa shape index (κ2) is 4.71. The third kappa shape index (κ3) is 2.34. The Balaban J connectivity index is 2.43. The zero-order chi connectivity index (χ0) is 10.7. The Morgan fingerprint density at radius 2 is 1.80 bits per heavy atom. The van der Waals surface area contributed by atoms with Crippen LogP contribution in [0.15, 0.2) is 28.9 Å². The van der Waals surface area contributed by atoms with Gasteiger partial charge in [-0.25, -0.2) is 9.97 Å². The highest BCUT2D eigenvalue weighted by molar-refractivity contribution is 9.10. The van der Waals surface area contributed by atoms with Crippen LogP contribution in [-0.4, -0.2) is 9.97 Å². The van der Waals surface area contributed by atoms with Gasteiger partial charge in [-0.15, -0.1) is 0 Å². The Kier molecular flexibility index (Phi) is 3.31. The predicted molar refractivity (Wildman–Crippen MR) is 65.9 cm³/mol. The molecule has 0 bridgehead atoms. The van der Waals surface area contributed by atoms with Gasteiger partial charge >= 0.3 is 0 Å². The molecule has 0 atom stereocenters. The highest BCUT2D eigenvalue weighted by atomic mass is 79.9. The molecule has 0 saturated heterocycles. The molecular formula is C12H13BrN2. The third-order valence-electron chi connectivity index (χ3n) is 2.36. The minimum atomic E-state index is 0.884. The summed E-state index contributed by atoms with van der Waals surface area (Å²) in [5.41, 5.74) is 2.99. The second-order valence-electron chi connectivity index (χ2n) is 3.55. The van der Waals surface area contributed by atoms with Crippen LogP contribution < -0.4 is 0 Å². The molecule has 0 aliphatic rings. The van der Waals surface area contributed by atoms with E-state index in [1.807, 2.05) is 24.3 Å². The molecular weight excluding hydrogens is 252 g/mol. The average Bonchev–Trinajstić information content (AvgIpc) is 2.26. The van der Waals surface area contributed by atoms with Crippen molar-refractivity contribution in [3.05, 3.63) is 34.6 Å². The minimum absolute atomic E-state index is 0.884. The third-order valence-corrected chi connectivity index (χ3v) is 3.00. The summed E-state index contributed by atoms with van der Waals surface area (Å²) in [6.45, 7) is 2.18. The van der Waals surface area contributed by atoms with Crippen LogP contribution in [0.25, 0.3) is 11.0 Å². The van der Waals surface area contributed by atoms with Crippen LogP contribution in [0.5, 0.6) is 0 Å². The molecule has 0 radical (unpaired) electrons. The molecule has 1 aromatic heterocycles. The van der Waals surface area contributed by atoms with E-state index in [1.165, 1.54) is 6.42 Å². The SMILES string of the molecule is CCCCc1nc2ccccc2nc1Br. The van der Waals surface area contributed by atoms with Crippen LogP contribution in [0, 0.1) is 0 Å². The lowest BCUT2D eigenvalue weighted by Gasteiger charge is -2.04. The molecule has 3 heteroatoms. The van der Waals surface area contributed by atoms with E-state index in [2.05, 4.69) is 32.8 Å². The quantitative estimate of drug-likeness (QED) is 0.844. The lowest BCUT2D eigenvalue weighted by atomic mass is 10.2. The Bertz CT molecular complexity index is 468. The number of para-hydroxylation sites is 2. The van der Waals surface area contributed by atoms with Crippen LogP contribution in [0.4, 0.5) is 0 Å². The summed E-state index contributed by atoms with van der Waals surface area (Å²) in [6, 6.07) is 7.96. The zero-order valence-corrected chi connectivity index (χ0v) is 10.3. The van der Waals surface area contributed by atoms with Gasteiger partial charge in [0.25, 0.3) is 0 Å². The molecule has 0 saturated carbocycles. The Hall–Kier alpha value is -0.960. The molecule has 0 spiro atoms.